The van der Waals surface area contributed by atoms with Gasteiger partial charge in [-0.3, -0.25) is 9.78 Å². The predicted octanol–water partition coefficient (Wildman–Crippen LogP) is 2.25. The van der Waals surface area contributed by atoms with E-state index in [9.17, 15) is 4.79 Å². The molecule has 0 aromatic carbocycles. The van der Waals surface area contributed by atoms with E-state index in [-0.39, 0.29) is 12.0 Å². The van der Waals surface area contributed by atoms with Gasteiger partial charge in [-0.15, -0.1) is 0 Å². The monoisotopic (exact) mass is 400 g/mol. The van der Waals surface area contributed by atoms with E-state index in [0.717, 1.165) is 56.5 Å². The van der Waals surface area contributed by atoms with E-state index in [1.165, 1.54) is 11.1 Å². The van der Waals surface area contributed by atoms with Crippen LogP contribution in [0.1, 0.15) is 36.8 Å². The third-order valence-electron chi connectivity index (χ3n) is 5.84. The van der Waals surface area contributed by atoms with Gasteiger partial charge in [0.15, 0.2) is 0 Å². The molecule has 4 rings (SSSR count). The largest absolute Gasteiger partial charge is 0.385 e. The summed E-state index contributed by atoms with van der Waals surface area (Å²) in [6.45, 7) is 6.44. The number of morpholine rings is 1. The fourth-order valence-corrected chi connectivity index (χ4v) is 4.15. The van der Waals surface area contributed by atoms with Gasteiger partial charge in [-0.1, -0.05) is 0 Å². The van der Waals surface area contributed by atoms with Crippen molar-refractivity contribution in [2.75, 3.05) is 33.4 Å². The van der Waals surface area contributed by atoms with Crippen molar-refractivity contribution < 1.29 is 14.3 Å². The van der Waals surface area contributed by atoms with E-state index in [1.54, 1.807) is 7.11 Å². The van der Waals surface area contributed by atoms with Crippen LogP contribution < -0.4 is 5.32 Å². The first-order valence-corrected chi connectivity index (χ1v) is 10.7. The average Bonchev–Trinajstić information content (AvgIpc) is 3.52. The van der Waals surface area contributed by atoms with Gasteiger partial charge in [0.05, 0.1) is 17.6 Å². The first-order valence-electron chi connectivity index (χ1n) is 10.7. The Kier molecular flexibility index (Phi) is 6.47. The van der Waals surface area contributed by atoms with Crippen LogP contribution in [-0.4, -0.2) is 65.9 Å². The summed E-state index contributed by atoms with van der Waals surface area (Å²) in [5, 5.41) is 3.27. The van der Waals surface area contributed by atoms with Gasteiger partial charge >= 0.3 is 0 Å². The molecule has 1 atom stereocenters. The molecule has 1 aliphatic carbocycles. The van der Waals surface area contributed by atoms with E-state index in [4.69, 9.17) is 9.47 Å². The minimum Gasteiger partial charge on any atom is -0.385 e. The van der Waals surface area contributed by atoms with Crippen molar-refractivity contribution in [2.45, 2.75) is 57.8 Å². The topological polar surface area (TPSA) is 68.6 Å². The molecule has 1 amide bonds. The van der Waals surface area contributed by atoms with Gasteiger partial charge in [-0.05, 0) is 44.2 Å². The molecule has 0 unspecified atom stereocenters. The lowest BCUT2D eigenvalue weighted by atomic mass is 10.2. The van der Waals surface area contributed by atoms with Crippen LogP contribution in [0.5, 0.6) is 0 Å². The molecule has 2 aromatic rings. The highest BCUT2D eigenvalue weighted by atomic mass is 16.5. The van der Waals surface area contributed by atoms with Crippen molar-refractivity contribution in [2.24, 2.45) is 0 Å². The molecule has 1 N–H and O–H groups in total. The van der Waals surface area contributed by atoms with Crippen LogP contribution >= 0.6 is 0 Å². The second-order valence-electron chi connectivity index (χ2n) is 8.13. The number of fused-ring (bicyclic) bond motifs is 1. The summed E-state index contributed by atoms with van der Waals surface area (Å²) in [5.41, 5.74) is 4.54. The number of methoxy groups -OCH3 is 1. The molecule has 7 heteroatoms. The number of ether oxygens (including phenoxy) is 2. The molecule has 3 heterocycles. The number of aryl methyl sites for hydroxylation is 2. The molecule has 1 saturated heterocycles. The number of hydrogen-bond acceptors (Lipinski definition) is 5. The van der Waals surface area contributed by atoms with Crippen LogP contribution in [0.25, 0.3) is 11.0 Å². The van der Waals surface area contributed by atoms with E-state index in [0.29, 0.717) is 25.7 Å². The normalized spacial score (nSPS) is 19.6. The van der Waals surface area contributed by atoms with Crippen LogP contribution in [0.15, 0.2) is 18.5 Å². The van der Waals surface area contributed by atoms with Crippen molar-refractivity contribution in [3.63, 3.8) is 0 Å². The lowest BCUT2D eigenvalue weighted by Gasteiger charge is -2.29. The SMILES string of the molecule is COCCCCn1cc(CN(C(=O)[C@H]2CNCCO2)C2CC2)c2nccc(C)c21. The maximum absolute atomic E-state index is 13.2. The zero-order valence-electron chi connectivity index (χ0n) is 17.5. The van der Waals surface area contributed by atoms with Gasteiger partial charge in [-0.25, -0.2) is 0 Å². The molecule has 7 nitrogen and oxygen atoms in total. The zero-order chi connectivity index (χ0) is 20.2. The molecule has 1 aliphatic heterocycles. The molecule has 29 heavy (non-hydrogen) atoms. The number of rotatable bonds is 9. The van der Waals surface area contributed by atoms with Gasteiger partial charge in [-0.2, -0.15) is 0 Å². The van der Waals surface area contributed by atoms with E-state index in [1.807, 2.05) is 11.1 Å². The number of carbonyl (C=O) groups excluding carboxylic acids is 1. The fraction of sp³-hybridized carbons (Fsp3) is 0.636. The summed E-state index contributed by atoms with van der Waals surface area (Å²) in [7, 11) is 1.74. The Bertz CT molecular complexity index is 840. The highest BCUT2D eigenvalue weighted by molar-refractivity contribution is 5.85. The maximum Gasteiger partial charge on any atom is 0.253 e. The van der Waals surface area contributed by atoms with Crippen molar-refractivity contribution in [1.29, 1.82) is 0 Å². The first kappa shape index (κ1) is 20.3. The fourth-order valence-electron chi connectivity index (χ4n) is 4.15. The second kappa shape index (κ2) is 9.24. The summed E-state index contributed by atoms with van der Waals surface area (Å²) >= 11 is 0. The average molecular weight is 401 g/mol. The molecular formula is C22H32N4O3. The molecule has 2 fully saturated rings. The number of unbranched alkanes of at least 4 members (excludes halogenated alkanes) is 1. The highest BCUT2D eigenvalue weighted by Crippen LogP contribution is 2.32. The molecule has 1 saturated carbocycles. The van der Waals surface area contributed by atoms with Gasteiger partial charge in [0.25, 0.3) is 5.91 Å². The molecule has 0 bridgehead atoms. The summed E-state index contributed by atoms with van der Waals surface area (Å²) in [6, 6.07) is 2.39. The summed E-state index contributed by atoms with van der Waals surface area (Å²) in [5.74, 6) is 0.105. The Balaban J connectivity index is 1.57. The number of amides is 1. The van der Waals surface area contributed by atoms with Gasteiger partial charge in [0.2, 0.25) is 0 Å². The number of aromatic nitrogens is 2. The van der Waals surface area contributed by atoms with E-state index < -0.39 is 0 Å². The lowest BCUT2D eigenvalue weighted by molar-refractivity contribution is -0.146. The van der Waals surface area contributed by atoms with E-state index >= 15 is 0 Å². The van der Waals surface area contributed by atoms with Crippen LogP contribution in [0.2, 0.25) is 0 Å². The van der Waals surface area contributed by atoms with Crippen LogP contribution in [0, 0.1) is 6.92 Å². The lowest BCUT2D eigenvalue weighted by Crippen LogP contribution is -2.49. The minimum absolute atomic E-state index is 0.105. The second-order valence-corrected chi connectivity index (χ2v) is 8.13. The van der Waals surface area contributed by atoms with Crippen molar-refractivity contribution in [3.05, 3.63) is 29.6 Å². The van der Waals surface area contributed by atoms with E-state index in [2.05, 4.69) is 34.1 Å². The molecule has 0 radical (unpaired) electrons. The van der Waals surface area contributed by atoms with Gasteiger partial charge in [0.1, 0.15) is 6.10 Å². The third-order valence-corrected chi connectivity index (χ3v) is 5.84. The Morgan fingerprint density at radius 2 is 2.28 bits per heavy atom. The van der Waals surface area contributed by atoms with Crippen LogP contribution in [-0.2, 0) is 27.4 Å². The Morgan fingerprint density at radius 1 is 1.41 bits per heavy atom. The molecule has 2 aliphatic rings. The quantitative estimate of drug-likeness (QED) is 0.654. The number of nitrogens with zero attached hydrogens (tertiary/aromatic N) is 3. The molecular weight excluding hydrogens is 368 g/mol. The van der Waals surface area contributed by atoms with Crippen molar-refractivity contribution >= 4 is 16.9 Å². The molecule has 0 spiro atoms. The van der Waals surface area contributed by atoms with Crippen LogP contribution in [0.3, 0.4) is 0 Å². The number of pyridine rings is 1. The predicted molar refractivity (Wildman–Crippen MR) is 112 cm³/mol. The maximum atomic E-state index is 13.2. The van der Waals surface area contributed by atoms with Crippen molar-refractivity contribution in [3.8, 4) is 0 Å². The third kappa shape index (κ3) is 4.63. The van der Waals surface area contributed by atoms with Gasteiger partial charge in [0, 0.05) is 63.9 Å². The minimum atomic E-state index is -0.374. The van der Waals surface area contributed by atoms with Crippen LogP contribution in [0.4, 0.5) is 0 Å². The Labute approximate surface area is 172 Å². The van der Waals surface area contributed by atoms with Crippen molar-refractivity contribution in [1.82, 2.24) is 19.8 Å². The standard InChI is InChI=1S/C22H32N4O3/c1-16-7-8-24-20-17(14-25(21(16)20)10-3-4-11-28-2)15-26(18-5-6-18)22(27)19-13-23-9-12-29-19/h7-8,14,18-19,23H,3-6,9-13,15H2,1-2H3/t19-/m1/s1. The smallest absolute Gasteiger partial charge is 0.253 e. The summed E-state index contributed by atoms with van der Waals surface area (Å²) in [6.07, 6.45) is 7.93. The summed E-state index contributed by atoms with van der Waals surface area (Å²) in [4.78, 5) is 19.9. The van der Waals surface area contributed by atoms with Gasteiger partial charge < -0.3 is 24.3 Å². The molecule has 158 valence electrons. The number of carbonyl (C=O) groups is 1. The highest BCUT2D eigenvalue weighted by Gasteiger charge is 2.37. The summed E-state index contributed by atoms with van der Waals surface area (Å²) < 4.78 is 13.2. The first-order chi connectivity index (χ1) is 14.2. The zero-order valence-corrected chi connectivity index (χ0v) is 17.5. The Morgan fingerprint density at radius 3 is 3.00 bits per heavy atom. The Hall–Kier alpha value is -1.96. The molecule has 2 aromatic heterocycles. The number of hydrogen-bond donors (Lipinski definition) is 1. The number of nitrogens with one attached hydrogen (secondary N) is 1.